The summed E-state index contributed by atoms with van der Waals surface area (Å²) in [6.45, 7) is 18.4. The Morgan fingerprint density at radius 1 is 0.889 bits per heavy atom. The molecule has 1 unspecified atom stereocenters. The summed E-state index contributed by atoms with van der Waals surface area (Å²) in [5.74, 6) is -2.92. The van der Waals surface area contributed by atoms with Crippen molar-refractivity contribution in [2.45, 2.75) is 132 Å². The van der Waals surface area contributed by atoms with Crippen LogP contribution < -0.4 is 16.0 Å². The zero-order valence-corrected chi connectivity index (χ0v) is 28.9. The summed E-state index contributed by atoms with van der Waals surface area (Å²) in [4.78, 5) is 93.6. The molecule has 0 spiro atoms. The van der Waals surface area contributed by atoms with E-state index in [1.807, 2.05) is 62.3 Å². The van der Waals surface area contributed by atoms with E-state index in [-0.39, 0.29) is 43.0 Å². The van der Waals surface area contributed by atoms with Crippen LogP contribution in [-0.4, -0.2) is 88.3 Å². The van der Waals surface area contributed by atoms with Gasteiger partial charge in [-0.2, -0.15) is 0 Å². The smallest absolute Gasteiger partial charge is 0.315 e. The number of rotatable bonds is 12. The second kappa shape index (κ2) is 15.3. The van der Waals surface area contributed by atoms with Crippen molar-refractivity contribution < 1.29 is 33.6 Å². The maximum absolute atomic E-state index is 14.2. The van der Waals surface area contributed by atoms with Crippen molar-refractivity contribution in [1.29, 1.82) is 0 Å². The fourth-order valence-corrected chi connectivity index (χ4v) is 6.02. The van der Waals surface area contributed by atoms with Crippen molar-refractivity contribution in [2.75, 3.05) is 13.1 Å². The molecule has 2 aliphatic rings. The van der Waals surface area contributed by atoms with Crippen LogP contribution in [0.1, 0.15) is 108 Å². The third-order valence-electron chi connectivity index (χ3n) is 8.90. The molecule has 5 atom stereocenters. The number of carbonyl (C=O) groups excluding carboxylic acids is 7. The molecule has 3 N–H and O–H groups in total. The monoisotopic (exact) mass is 633 g/mol. The summed E-state index contributed by atoms with van der Waals surface area (Å²) in [6, 6.07) is -4.10. The number of amides is 6. The number of imide groups is 1. The Labute approximate surface area is 268 Å². The number of nitrogens with one attached hydrogen (secondary N) is 3. The Morgan fingerprint density at radius 2 is 1.47 bits per heavy atom. The van der Waals surface area contributed by atoms with Crippen LogP contribution in [0.4, 0.5) is 4.79 Å². The molecule has 0 aliphatic carbocycles. The van der Waals surface area contributed by atoms with Crippen molar-refractivity contribution in [3.63, 3.8) is 0 Å². The number of hydrogen-bond donors (Lipinski definition) is 3. The minimum absolute atomic E-state index is 0.0189. The van der Waals surface area contributed by atoms with E-state index < -0.39 is 64.4 Å². The molecule has 0 radical (unpaired) electrons. The quantitative estimate of drug-likeness (QED) is 0.220. The molecular weight excluding hydrogens is 578 g/mol. The number of urea groups is 1. The molecule has 0 aromatic heterocycles. The van der Waals surface area contributed by atoms with Crippen LogP contribution in [0.2, 0.25) is 0 Å². The third kappa shape index (κ3) is 9.84. The number of carbonyl (C=O) groups is 7. The Balaban J connectivity index is 2.33. The highest BCUT2D eigenvalue weighted by Crippen LogP contribution is 2.33. The van der Waals surface area contributed by atoms with E-state index in [2.05, 4.69) is 16.0 Å². The van der Waals surface area contributed by atoms with E-state index in [0.29, 0.717) is 32.2 Å². The van der Waals surface area contributed by atoms with Crippen molar-refractivity contribution in [3.05, 3.63) is 0 Å². The first kappa shape index (κ1) is 37.9. The lowest BCUT2D eigenvalue weighted by atomic mass is 9.84. The van der Waals surface area contributed by atoms with E-state index in [1.165, 1.54) is 16.7 Å². The summed E-state index contributed by atoms with van der Waals surface area (Å²) in [5, 5.41) is 8.49. The van der Waals surface area contributed by atoms with Crippen LogP contribution >= 0.6 is 0 Å². The number of hydrogen-bond acceptors (Lipinski definition) is 7. The first-order valence-corrected chi connectivity index (χ1v) is 16.3. The number of Topliss-reactive ketones (excluding diaryl/α,β-unsaturated/α-hetero) is 2. The first-order chi connectivity index (χ1) is 20.7. The second-order valence-corrected chi connectivity index (χ2v) is 15.0. The number of piperidine rings is 1. The van der Waals surface area contributed by atoms with Crippen LogP contribution in [0, 0.1) is 22.7 Å². The van der Waals surface area contributed by atoms with Gasteiger partial charge in [-0.3, -0.25) is 33.7 Å². The maximum atomic E-state index is 14.2. The lowest BCUT2D eigenvalue weighted by Gasteiger charge is -2.39. The minimum Gasteiger partial charge on any atom is -0.344 e. The lowest BCUT2D eigenvalue weighted by Crippen LogP contribution is -2.62. The van der Waals surface area contributed by atoms with E-state index in [1.54, 1.807) is 0 Å². The van der Waals surface area contributed by atoms with Crippen LogP contribution in [0.25, 0.3) is 0 Å². The molecule has 0 bridgehead atoms. The lowest BCUT2D eigenvalue weighted by molar-refractivity contribution is -0.148. The molecule has 0 saturated carbocycles. The zero-order chi connectivity index (χ0) is 34.4. The second-order valence-electron chi connectivity index (χ2n) is 15.0. The Hall–Kier alpha value is -3.31. The summed E-state index contributed by atoms with van der Waals surface area (Å²) >= 11 is 0. The van der Waals surface area contributed by atoms with E-state index in [9.17, 15) is 33.6 Å². The fraction of sp³-hybridized carbons (Fsp3) is 0.788. The molecule has 6 amide bonds. The molecule has 2 heterocycles. The van der Waals surface area contributed by atoms with Crippen LogP contribution in [0.3, 0.4) is 0 Å². The Morgan fingerprint density at radius 3 is 1.93 bits per heavy atom. The zero-order valence-electron chi connectivity index (χ0n) is 28.9. The van der Waals surface area contributed by atoms with Crippen molar-refractivity contribution >= 4 is 41.2 Å². The van der Waals surface area contributed by atoms with Gasteiger partial charge in [0.25, 0.3) is 0 Å². The van der Waals surface area contributed by atoms with Gasteiger partial charge in [0.2, 0.25) is 29.4 Å². The molecule has 254 valence electrons. The molecule has 45 heavy (non-hydrogen) atoms. The van der Waals surface area contributed by atoms with Gasteiger partial charge in [-0.15, -0.1) is 0 Å². The van der Waals surface area contributed by atoms with Gasteiger partial charge in [0.15, 0.2) is 5.78 Å². The van der Waals surface area contributed by atoms with Gasteiger partial charge < -0.3 is 20.9 Å². The molecule has 0 aromatic rings. The highest BCUT2D eigenvalue weighted by Gasteiger charge is 2.48. The highest BCUT2D eigenvalue weighted by molar-refractivity contribution is 6.38. The molecule has 2 fully saturated rings. The van der Waals surface area contributed by atoms with Gasteiger partial charge in [-0.25, -0.2) is 4.79 Å². The largest absolute Gasteiger partial charge is 0.344 e. The molecule has 12 heteroatoms. The number of likely N-dealkylation sites (tertiary alicyclic amines) is 2. The average Bonchev–Trinajstić information content (AvgIpc) is 3.37. The standard InChI is InChI=1S/C33H55N5O7/c1-11-13-22(27(42)20(4)39)34-29(43)26-21(19(2)3)16-17-37(26)30(44)28(33(8,9)10)36-31(45)35-23(32(5,6)7)18-38-24(40)14-12-15-25(38)41/h19,21-23,26,28H,11-18H2,1-10H3,(H,34,43)(H2,35,36,45)/t21-,22?,23-,26+,28-/m1/s1. The third-order valence-corrected chi connectivity index (χ3v) is 8.90. The van der Waals surface area contributed by atoms with Gasteiger partial charge in [0.05, 0.1) is 12.1 Å². The summed E-state index contributed by atoms with van der Waals surface area (Å²) < 4.78 is 0. The average molecular weight is 634 g/mol. The van der Waals surface area contributed by atoms with E-state index in [0.717, 1.165) is 0 Å². The van der Waals surface area contributed by atoms with Crippen molar-refractivity contribution in [3.8, 4) is 0 Å². The van der Waals surface area contributed by atoms with Gasteiger partial charge in [-0.1, -0.05) is 68.7 Å². The molecule has 2 rings (SSSR count). The highest BCUT2D eigenvalue weighted by atomic mass is 16.2. The van der Waals surface area contributed by atoms with Crippen molar-refractivity contribution in [1.82, 2.24) is 25.8 Å². The summed E-state index contributed by atoms with van der Waals surface area (Å²) in [6.07, 6.45) is 2.50. The molecule has 12 nitrogen and oxygen atoms in total. The molecule has 0 aromatic carbocycles. The summed E-state index contributed by atoms with van der Waals surface area (Å²) in [5.41, 5.74) is -1.28. The van der Waals surface area contributed by atoms with Gasteiger partial charge in [0.1, 0.15) is 12.1 Å². The summed E-state index contributed by atoms with van der Waals surface area (Å²) in [7, 11) is 0. The number of ketones is 2. The SMILES string of the molecule is CCCC(NC(=O)[C@@H]1[C@@H](C(C)C)CCN1C(=O)[C@@H](NC(=O)N[C@H](CN1C(=O)CCCC1=O)C(C)(C)C)C(C)(C)C)C(=O)C(C)=O. The maximum Gasteiger partial charge on any atom is 0.315 e. The molecule has 2 aliphatic heterocycles. The minimum atomic E-state index is -1.03. The Bertz CT molecular complexity index is 1140. The normalized spacial score (nSPS) is 21.3. The molecular formula is C33H55N5O7. The number of nitrogens with zero attached hydrogens (tertiary/aromatic N) is 2. The first-order valence-electron chi connectivity index (χ1n) is 16.3. The van der Waals surface area contributed by atoms with Crippen LogP contribution in [0.15, 0.2) is 0 Å². The fourth-order valence-electron chi connectivity index (χ4n) is 6.02. The predicted octanol–water partition coefficient (Wildman–Crippen LogP) is 2.97. The van der Waals surface area contributed by atoms with Gasteiger partial charge >= 0.3 is 6.03 Å². The van der Waals surface area contributed by atoms with Crippen LogP contribution in [0.5, 0.6) is 0 Å². The van der Waals surface area contributed by atoms with Gasteiger partial charge in [-0.05, 0) is 41.9 Å². The van der Waals surface area contributed by atoms with E-state index in [4.69, 9.17) is 0 Å². The molecule has 2 saturated heterocycles. The topological polar surface area (TPSA) is 162 Å². The van der Waals surface area contributed by atoms with Crippen LogP contribution in [-0.2, 0) is 28.8 Å². The van der Waals surface area contributed by atoms with Crippen molar-refractivity contribution in [2.24, 2.45) is 22.7 Å². The van der Waals surface area contributed by atoms with Gasteiger partial charge in [0, 0.05) is 32.9 Å². The van der Waals surface area contributed by atoms with E-state index >= 15 is 0 Å². The Kier molecular flexibility index (Phi) is 12.9. The predicted molar refractivity (Wildman–Crippen MR) is 170 cm³/mol.